The Bertz CT molecular complexity index is 1070. The molecule has 0 atom stereocenters. The first-order valence-electron chi connectivity index (χ1n) is 8.67. The summed E-state index contributed by atoms with van der Waals surface area (Å²) >= 11 is 0. The molecule has 3 aromatic rings. The fourth-order valence-corrected chi connectivity index (χ4v) is 2.70. The van der Waals surface area contributed by atoms with Crippen LogP contribution in [0.5, 0.6) is 5.75 Å². The Balaban J connectivity index is 1.57. The van der Waals surface area contributed by atoms with E-state index in [1.165, 1.54) is 0 Å². The zero-order chi connectivity index (χ0) is 19.2. The molecule has 0 spiro atoms. The first kappa shape index (κ1) is 18.4. The zero-order valence-corrected chi connectivity index (χ0v) is 14.9. The van der Waals surface area contributed by atoms with Gasteiger partial charge in [0.25, 0.3) is 11.1 Å². The van der Waals surface area contributed by atoms with Crippen LogP contribution in [0.2, 0.25) is 0 Å². The number of nitrogens with one attached hydrogen (secondary N) is 1. The molecule has 1 N–H and O–H groups in total. The number of fused-ring (bicyclic) bond motifs is 1. The number of benzene rings is 2. The summed E-state index contributed by atoms with van der Waals surface area (Å²) in [6.45, 7) is 1.92. The topological polar surface area (TPSA) is 90.4 Å². The average molecular weight is 368 g/mol. The van der Waals surface area contributed by atoms with Gasteiger partial charge in [0, 0.05) is 0 Å². The Labute approximate surface area is 155 Å². The van der Waals surface area contributed by atoms with Crippen molar-refractivity contribution in [3.05, 3.63) is 74.8 Å². The molecule has 140 valence electrons. The van der Waals surface area contributed by atoms with Crippen molar-refractivity contribution in [3.8, 4) is 5.75 Å². The molecule has 0 saturated heterocycles. The van der Waals surface area contributed by atoms with E-state index < -0.39 is 17.1 Å². The number of aromatic nitrogens is 2. The SMILES string of the molecule is CCc1cccc(OCCOC(=O)Cn2[nH]c(=O)c3ccccc3c2=O)c1. The minimum Gasteiger partial charge on any atom is -0.490 e. The fourth-order valence-electron chi connectivity index (χ4n) is 2.70. The van der Waals surface area contributed by atoms with E-state index in [-0.39, 0.29) is 30.5 Å². The number of esters is 1. The first-order chi connectivity index (χ1) is 13.1. The number of nitrogens with zero attached hydrogens (tertiary/aromatic N) is 1. The zero-order valence-electron chi connectivity index (χ0n) is 14.9. The predicted octanol–water partition coefficient (Wildman–Crippen LogP) is 1.87. The molecule has 1 heterocycles. The van der Waals surface area contributed by atoms with E-state index in [2.05, 4.69) is 12.0 Å². The van der Waals surface area contributed by atoms with Crippen LogP contribution in [0, 0.1) is 0 Å². The van der Waals surface area contributed by atoms with Gasteiger partial charge in [-0.2, -0.15) is 0 Å². The van der Waals surface area contributed by atoms with E-state index in [0.29, 0.717) is 5.75 Å². The molecule has 7 nitrogen and oxygen atoms in total. The lowest BCUT2D eigenvalue weighted by molar-refractivity contribution is -0.145. The summed E-state index contributed by atoms with van der Waals surface area (Å²) in [6.07, 6.45) is 0.908. The van der Waals surface area contributed by atoms with Crippen molar-refractivity contribution in [2.24, 2.45) is 0 Å². The van der Waals surface area contributed by atoms with Gasteiger partial charge in [0.1, 0.15) is 25.5 Å². The van der Waals surface area contributed by atoms with Crippen molar-refractivity contribution < 1.29 is 14.3 Å². The number of aromatic amines is 1. The summed E-state index contributed by atoms with van der Waals surface area (Å²) in [4.78, 5) is 36.3. The van der Waals surface area contributed by atoms with Gasteiger partial charge >= 0.3 is 5.97 Å². The van der Waals surface area contributed by atoms with Gasteiger partial charge in [0.2, 0.25) is 0 Å². The first-order valence-corrected chi connectivity index (χ1v) is 8.67. The Hall–Kier alpha value is -3.35. The quantitative estimate of drug-likeness (QED) is 0.508. The highest BCUT2D eigenvalue weighted by Gasteiger charge is 2.11. The van der Waals surface area contributed by atoms with E-state index in [4.69, 9.17) is 9.47 Å². The summed E-state index contributed by atoms with van der Waals surface area (Å²) < 4.78 is 11.6. The van der Waals surface area contributed by atoms with Gasteiger partial charge in [-0.1, -0.05) is 31.2 Å². The molecule has 3 rings (SSSR count). The van der Waals surface area contributed by atoms with Crippen molar-refractivity contribution in [3.63, 3.8) is 0 Å². The summed E-state index contributed by atoms with van der Waals surface area (Å²) in [6, 6.07) is 14.1. The molecular weight excluding hydrogens is 348 g/mol. The summed E-state index contributed by atoms with van der Waals surface area (Å²) in [7, 11) is 0. The number of hydrogen-bond acceptors (Lipinski definition) is 5. The maximum Gasteiger partial charge on any atom is 0.327 e. The second kappa shape index (κ2) is 8.35. The molecule has 0 radical (unpaired) electrons. The van der Waals surface area contributed by atoms with Crippen LogP contribution in [0.25, 0.3) is 10.8 Å². The highest BCUT2D eigenvalue weighted by atomic mass is 16.6. The third-order valence-corrected chi connectivity index (χ3v) is 4.09. The molecule has 0 aliphatic carbocycles. The summed E-state index contributed by atoms with van der Waals surface area (Å²) in [5.41, 5.74) is 0.274. The molecule has 1 aromatic heterocycles. The summed E-state index contributed by atoms with van der Waals surface area (Å²) in [5, 5.41) is 2.94. The number of aryl methyl sites for hydroxylation is 1. The van der Waals surface area contributed by atoms with E-state index >= 15 is 0 Å². The second-order valence-electron chi connectivity index (χ2n) is 5.95. The van der Waals surface area contributed by atoms with Gasteiger partial charge in [0.15, 0.2) is 0 Å². The molecule has 0 saturated carbocycles. The van der Waals surface area contributed by atoms with Crippen LogP contribution in [0.15, 0.2) is 58.1 Å². The number of carbonyl (C=O) groups excluding carboxylic acids is 1. The lowest BCUT2D eigenvalue weighted by atomic mass is 10.2. The van der Waals surface area contributed by atoms with E-state index in [1.54, 1.807) is 24.3 Å². The number of hydrogen-bond donors (Lipinski definition) is 1. The molecule has 0 bridgehead atoms. The highest BCUT2D eigenvalue weighted by molar-refractivity contribution is 5.80. The van der Waals surface area contributed by atoms with Crippen LogP contribution >= 0.6 is 0 Å². The standard InChI is InChI=1S/C20H20N2O5/c1-2-14-6-5-7-15(12-14)26-10-11-27-18(23)13-22-20(25)17-9-4-3-8-16(17)19(24)21-22/h3-9,12H,2,10-11,13H2,1H3,(H,21,24). The van der Waals surface area contributed by atoms with Gasteiger partial charge in [0.05, 0.1) is 10.8 Å². The van der Waals surface area contributed by atoms with E-state index in [0.717, 1.165) is 16.7 Å². The Morgan fingerprint density at radius 2 is 1.81 bits per heavy atom. The molecule has 7 heteroatoms. The minimum absolute atomic E-state index is 0.0434. The molecule has 0 amide bonds. The Morgan fingerprint density at radius 3 is 2.59 bits per heavy atom. The largest absolute Gasteiger partial charge is 0.490 e. The predicted molar refractivity (Wildman–Crippen MR) is 101 cm³/mol. The van der Waals surface area contributed by atoms with E-state index in [9.17, 15) is 14.4 Å². The van der Waals surface area contributed by atoms with Crippen molar-refractivity contribution in [2.45, 2.75) is 19.9 Å². The van der Waals surface area contributed by atoms with Gasteiger partial charge < -0.3 is 9.47 Å². The highest BCUT2D eigenvalue weighted by Crippen LogP contribution is 2.13. The lowest BCUT2D eigenvalue weighted by Crippen LogP contribution is -2.33. The Kier molecular flexibility index (Phi) is 5.71. The molecule has 0 aliphatic rings. The van der Waals surface area contributed by atoms with E-state index in [1.807, 2.05) is 24.3 Å². The normalized spacial score (nSPS) is 10.7. The molecule has 2 aromatic carbocycles. The minimum atomic E-state index is -0.631. The smallest absolute Gasteiger partial charge is 0.327 e. The number of carbonyl (C=O) groups is 1. The maximum absolute atomic E-state index is 12.4. The van der Waals surface area contributed by atoms with Crippen LogP contribution < -0.4 is 15.9 Å². The fraction of sp³-hybridized carbons (Fsp3) is 0.250. The second-order valence-corrected chi connectivity index (χ2v) is 5.95. The Morgan fingerprint density at radius 1 is 1.04 bits per heavy atom. The third kappa shape index (κ3) is 4.44. The van der Waals surface area contributed by atoms with Gasteiger partial charge in [-0.05, 0) is 36.2 Å². The number of ether oxygens (including phenoxy) is 2. The number of rotatable bonds is 7. The van der Waals surface area contributed by atoms with Crippen LogP contribution in [-0.4, -0.2) is 29.0 Å². The number of H-pyrrole nitrogens is 1. The van der Waals surface area contributed by atoms with Crippen molar-refractivity contribution in [1.82, 2.24) is 9.78 Å². The van der Waals surface area contributed by atoms with Crippen molar-refractivity contribution in [1.29, 1.82) is 0 Å². The van der Waals surface area contributed by atoms with Gasteiger partial charge in [-0.25, -0.2) is 4.68 Å². The van der Waals surface area contributed by atoms with Crippen LogP contribution in [-0.2, 0) is 22.5 Å². The van der Waals surface area contributed by atoms with Crippen LogP contribution in [0.1, 0.15) is 12.5 Å². The molecular formula is C20H20N2O5. The monoisotopic (exact) mass is 368 g/mol. The molecule has 0 unspecified atom stereocenters. The van der Waals surface area contributed by atoms with Crippen LogP contribution in [0.3, 0.4) is 0 Å². The maximum atomic E-state index is 12.4. The van der Waals surface area contributed by atoms with Gasteiger partial charge in [-0.3, -0.25) is 19.5 Å². The molecule has 0 fully saturated rings. The lowest BCUT2D eigenvalue weighted by Gasteiger charge is -2.09. The van der Waals surface area contributed by atoms with Crippen molar-refractivity contribution in [2.75, 3.05) is 13.2 Å². The van der Waals surface area contributed by atoms with Gasteiger partial charge in [-0.15, -0.1) is 0 Å². The summed E-state index contributed by atoms with van der Waals surface area (Å²) in [5.74, 6) is 0.0782. The average Bonchev–Trinajstić information content (AvgIpc) is 2.69. The third-order valence-electron chi connectivity index (χ3n) is 4.09. The molecule has 0 aliphatic heterocycles. The van der Waals surface area contributed by atoms with Crippen LogP contribution in [0.4, 0.5) is 0 Å². The molecule has 27 heavy (non-hydrogen) atoms. The van der Waals surface area contributed by atoms with Crippen molar-refractivity contribution >= 4 is 16.7 Å².